The first-order valence-electron chi connectivity index (χ1n) is 5.98. The molecule has 2 aromatic rings. The Morgan fingerprint density at radius 3 is 2.74 bits per heavy atom. The van der Waals surface area contributed by atoms with Crippen molar-refractivity contribution in [1.82, 2.24) is 24.6 Å². The molecule has 102 valence electrons. The molecule has 0 spiro atoms. The summed E-state index contributed by atoms with van der Waals surface area (Å²) >= 11 is 1.70. The van der Waals surface area contributed by atoms with Crippen molar-refractivity contribution in [2.24, 2.45) is 0 Å². The van der Waals surface area contributed by atoms with E-state index >= 15 is 0 Å². The predicted octanol–water partition coefficient (Wildman–Crippen LogP) is 1.21. The van der Waals surface area contributed by atoms with E-state index in [0.717, 1.165) is 23.0 Å². The maximum atomic E-state index is 5.89. The van der Waals surface area contributed by atoms with Gasteiger partial charge in [-0.2, -0.15) is 9.78 Å². The van der Waals surface area contributed by atoms with Crippen LogP contribution in [0.5, 0.6) is 0 Å². The second-order valence-corrected chi connectivity index (χ2v) is 5.60. The lowest BCUT2D eigenvalue weighted by Crippen LogP contribution is -2.14. The Kier molecular flexibility index (Phi) is 4.39. The highest BCUT2D eigenvalue weighted by Crippen LogP contribution is 2.18. The number of aryl methyl sites for hydroxylation is 1. The summed E-state index contributed by atoms with van der Waals surface area (Å²) in [7, 11) is 4.11. The van der Waals surface area contributed by atoms with E-state index < -0.39 is 0 Å². The Bertz CT molecular complexity index is 551. The molecule has 0 aliphatic heterocycles. The average molecular weight is 278 g/mol. The topological polar surface area (TPSA) is 72.9 Å². The molecule has 0 aliphatic carbocycles. The van der Waals surface area contributed by atoms with Gasteiger partial charge in [0.05, 0.1) is 5.69 Å². The number of rotatable bonds is 5. The number of aromatic nitrogens is 4. The Morgan fingerprint density at radius 2 is 2.11 bits per heavy atom. The molecule has 2 heterocycles. The molecule has 19 heavy (non-hydrogen) atoms. The lowest BCUT2D eigenvalue weighted by Gasteiger charge is -2.08. The molecule has 0 unspecified atom stereocenters. The van der Waals surface area contributed by atoms with E-state index in [0.29, 0.717) is 11.6 Å². The van der Waals surface area contributed by atoms with Gasteiger partial charge in [0.1, 0.15) is 17.2 Å². The second kappa shape index (κ2) is 6.03. The van der Waals surface area contributed by atoms with Crippen LogP contribution in [-0.4, -0.2) is 51.0 Å². The van der Waals surface area contributed by atoms with Crippen LogP contribution in [0.15, 0.2) is 23.5 Å². The summed E-state index contributed by atoms with van der Waals surface area (Å²) in [4.78, 5) is 10.6. The Morgan fingerprint density at radius 1 is 1.32 bits per heavy atom. The third-order valence-electron chi connectivity index (χ3n) is 2.49. The van der Waals surface area contributed by atoms with E-state index in [4.69, 9.17) is 5.73 Å². The maximum absolute atomic E-state index is 5.89. The fraction of sp³-hybridized carbons (Fsp3) is 0.417. The fourth-order valence-electron chi connectivity index (χ4n) is 1.56. The van der Waals surface area contributed by atoms with E-state index in [1.807, 2.05) is 19.1 Å². The van der Waals surface area contributed by atoms with Crippen molar-refractivity contribution in [3.63, 3.8) is 0 Å². The van der Waals surface area contributed by atoms with Crippen LogP contribution in [0.4, 0.5) is 5.82 Å². The number of nitrogens with two attached hydrogens (primary N) is 1. The van der Waals surface area contributed by atoms with Gasteiger partial charge in [-0.3, -0.25) is 0 Å². The number of hydrogen-bond acceptors (Lipinski definition) is 6. The van der Waals surface area contributed by atoms with Crippen molar-refractivity contribution in [1.29, 1.82) is 0 Å². The molecule has 7 heteroatoms. The number of thioether (sulfide) groups is 1. The van der Waals surface area contributed by atoms with Crippen LogP contribution in [0.1, 0.15) is 5.69 Å². The van der Waals surface area contributed by atoms with Crippen LogP contribution in [0.25, 0.3) is 5.82 Å². The summed E-state index contributed by atoms with van der Waals surface area (Å²) in [5, 5.41) is 5.24. The van der Waals surface area contributed by atoms with Gasteiger partial charge in [0.25, 0.3) is 0 Å². The molecule has 6 nitrogen and oxygen atoms in total. The zero-order valence-electron chi connectivity index (χ0n) is 11.4. The Labute approximate surface area is 117 Å². The second-order valence-electron chi connectivity index (χ2n) is 4.49. The van der Waals surface area contributed by atoms with Gasteiger partial charge in [0.2, 0.25) is 0 Å². The van der Waals surface area contributed by atoms with Gasteiger partial charge >= 0.3 is 0 Å². The van der Waals surface area contributed by atoms with Crippen LogP contribution < -0.4 is 5.73 Å². The summed E-state index contributed by atoms with van der Waals surface area (Å²) < 4.78 is 1.63. The van der Waals surface area contributed by atoms with Crippen LogP contribution >= 0.6 is 11.8 Å². The van der Waals surface area contributed by atoms with Crippen LogP contribution in [0.2, 0.25) is 0 Å². The van der Waals surface area contributed by atoms with Crippen molar-refractivity contribution in [2.45, 2.75) is 11.9 Å². The normalized spacial score (nSPS) is 11.2. The highest BCUT2D eigenvalue weighted by Gasteiger charge is 2.07. The summed E-state index contributed by atoms with van der Waals surface area (Å²) in [5.74, 6) is 2.27. The molecule has 0 bridgehead atoms. The van der Waals surface area contributed by atoms with Crippen molar-refractivity contribution in [2.75, 3.05) is 32.1 Å². The lowest BCUT2D eigenvalue weighted by molar-refractivity contribution is 0.437. The molecular formula is C12H18N6S. The molecule has 0 saturated heterocycles. The minimum atomic E-state index is 0.584. The molecule has 0 saturated carbocycles. The number of hydrogen-bond donors (Lipinski definition) is 1. The van der Waals surface area contributed by atoms with Gasteiger partial charge in [-0.05, 0) is 21.0 Å². The van der Waals surface area contributed by atoms with Gasteiger partial charge in [-0.25, -0.2) is 9.97 Å². The molecule has 0 fully saturated rings. The monoisotopic (exact) mass is 278 g/mol. The van der Waals surface area contributed by atoms with E-state index in [2.05, 4.69) is 34.1 Å². The van der Waals surface area contributed by atoms with E-state index in [1.54, 1.807) is 22.8 Å². The van der Waals surface area contributed by atoms with Gasteiger partial charge in [0, 0.05) is 24.4 Å². The van der Waals surface area contributed by atoms with Crippen LogP contribution in [-0.2, 0) is 0 Å². The minimum absolute atomic E-state index is 0.584. The van der Waals surface area contributed by atoms with Gasteiger partial charge in [0.15, 0.2) is 5.82 Å². The minimum Gasteiger partial charge on any atom is -0.384 e. The van der Waals surface area contributed by atoms with Crippen molar-refractivity contribution < 1.29 is 0 Å². The quantitative estimate of drug-likeness (QED) is 0.654. The summed E-state index contributed by atoms with van der Waals surface area (Å²) in [6.07, 6.45) is 1.55. The SMILES string of the molecule is Cc1cc(N)n(-c2cc(SCCN(C)C)ncn2)n1. The summed E-state index contributed by atoms with van der Waals surface area (Å²) in [6.45, 7) is 2.91. The third kappa shape index (κ3) is 3.68. The predicted molar refractivity (Wildman–Crippen MR) is 77.6 cm³/mol. The molecule has 0 aromatic carbocycles. The van der Waals surface area contributed by atoms with Gasteiger partial charge < -0.3 is 10.6 Å². The summed E-state index contributed by atoms with van der Waals surface area (Å²) in [6, 6.07) is 3.73. The highest BCUT2D eigenvalue weighted by atomic mass is 32.2. The number of nitrogens with zero attached hydrogens (tertiary/aromatic N) is 5. The first-order chi connectivity index (χ1) is 9.06. The molecule has 2 rings (SSSR count). The first-order valence-corrected chi connectivity index (χ1v) is 6.97. The molecule has 0 aliphatic rings. The molecule has 2 N–H and O–H groups in total. The third-order valence-corrected chi connectivity index (χ3v) is 3.40. The Hall–Kier alpha value is -1.60. The number of nitrogen functional groups attached to an aromatic ring is 1. The molecule has 0 atom stereocenters. The summed E-state index contributed by atoms with van der Waals surface area (Å²) in [5.41, 5.74) is 6.76. The van der Waals surface area contributed by atoms with E-state index in [9.17, 15) is 0 Å². The largest absolute Gasteiger partial charge is 0.384 e. The number of anilines is 1. The van der Waals surface area contributed by atoms with Crippen molar-refractivity contribution in [3.8, 4) is 5.82 Å². The zero-order valence-corrected chi connectivity index (χ0v) is 12.2. The highest BCUT2D eigenvalue weighted by molar-refractivity contribution is 7.99. The van der Waals surface area contributed by atoms with E-state index in [1.165, 1.54) is 0 Å². The standard InChI is InChI=1S/C12H18N6S/c1-9-6-10(13)18(16-9)11-7-12(15-8-14-11)19-5-4-17(2)3/h6-8H,4-5,13H2,1-3H3. The lowest BCUT2D eigenvalue weighted by atomic mass is 10.5. The molecule has 0 radical (unpaired) electrons. The maximum Gasteiger partial charge on any atom is 0.160 e. The average Bonchev–Trinajstić information content (AvgIpc) is 2.68. The van der Waals surface area contributed by atoms with Gasteiger partial charge in [-0.1, -0.05) is 0 Å². The molecule has 0 amide bonds. The van der Waals surface area contributed by atoms with Crippen molar-refractivity contribution in [3.05, 3.63) is 24.2 Å². The van der Waals surface area contributed by atoms with Crippen molar-refractivity contribution >= 4 is 17.6 Å². The van der Waals surface area contributed by atoms with Gasteiger partial charge in [-0.15, -0.1) is 11.8 Å². The van der Waals surface area contributed by atoms with Crippen LogP contribution in [0, 0.1) is 6.92 Å². The van der Waals surface area contributed by atoms with Crippen LogP contribution in [0.3, 0.4) is 0 Å². The molecule has 2 aromatic heterocycles. The zero-order chi connectivity index (χ0) is 13.8. The first kappa shape index (κ1) is 13.8. The van der Waals surface area contributed by atoms with E-state index in [-0.39, 0.29) is 0 Å². The Balaban J connectivity index is 2.13. The molecular weight excluding hydrogens is 260 g/mol. The smallest absolute Gasteiger partial charge is 0.160 e. The fourth-order valence-corrected chi connectivity index (χ4v) is 2.54.